The van der Waals surface area contributed by atoms with Crippen molar-refractivity contribution in [3.05, 3.63) is 0 Å². The van der Waals surface area contributed by atoms with Crippen LogP contribution in [-0.2, 0) is 4.74 Å². The van der Waals surface area contributed by atoms with E-state index in [4.69, 9.17) is 4.74 Å². The number of nitrogens with zero attached hydrogens (tertiary/aromatic N) is 1. The molecular formula is C12H26BrNO. The van der Waals surface area contributed by atoms with E-state index in [0.717, 1.165) is 38.1 Å². The monoisotopic (exact) mass is 279 g/mol. The molecule has 0 aromatic rings. The Morgan fingerprint density at radius 1 is 1.07 bits per heavy atom. The molecular weight excluding hydrogens is 254 g/mol. The number of hydrogen-bond acceptors (Lipinski definition) is 2. The second-order valence-electron chi connectivity index (χ2n) is 3.81. The van der Waals surface area contributed by atoms with Crippen LogP contribution in [0.1, 0.15) is 40.0 Å². The van der Waals surface area contributed by atoms with Crippen LogP contribution in [-0.4, -0.2) is 42.6 Å². The van der Waals surface area contributed by atoms with E-state index in [1.807, 2.05) is 0 Å². The van der Waals surface area contributed by atoms with Crippen molar-refractivity contribution in [1.29, 1.82) is 0 Å². The maximum atomic E-state index is 5.54. The molecule has 0 aliphatic carbocycles. The van der Waals surface area contributed by atoms with Crippen molar-refractivity contribution >= 4 is 15.9 Å². The molecule has 0 fully saturated rings. The lowest BCUT2D eigenvalue weighted by Crippen LogP contribution is -2.38. The Hall–Kier alpha value is 0.400. The maximum Gasteiger partial charge on any atom is 0.0593 e. The largest absolute Gasteiger partial charge is 0.380 e. The average Bonchev–Trinajstić information content (AvgIpc) is 2.26. The molecule has 0 radical (unpaired) electrons. The van der Waals surface area contributed by atoms with E-state index in [1.165, 1.54) is 12.8 Å². The Morgan fingerprint density at radius 2 is 1.73 bits per heavy atom. The van der Waals surface area contributed by atoms with E-state index in [2.05, 4.69) is 41.6 Å². The summed E-state index contributed by atoms with van der Waals surface area (Å²) in [6, 6.07) is 0.716. The predicted octanol–water partition coefficient (Wildman–Crippen LogP) is 3.30. The third-order valence-corrected chi connectivity index (χ3v) is 3.06. The van der Waals surface area contributed by atoms with Gasteiger partial charge in [0.25, 0.3) is 0 Å². The lowest BCUT2D eigenvalue weighted by Gasteiger charge is -2.29. The number of rotatable bonds is 10. The fourth-order valence-electron chi connectivity index (χ4n) is 1.82. The second-order valence-corrected chi connectivity index (χ2v) is 4.60. The molecule has 0 spiro atoms. The Bertz CT molecular complexity index is 129. The van der Waals surface area contributed by atoms with Gasteiger partial charge in [0.2, 0.25) is 0 Å². The molecule has 0 aromatic heterocycles. The molecule has 0 aliphatic heterocycles. The first-order chi connectivity index (χ1) is 7.29. The van der Waals surface area contributed by atoms with Crippen molar-refractivity contribution in [2.75, 3.05) is 31.6 Å². The van der Waals surface area contributed by atoms with Crippen LogP contribution >= 0.6 is 15.9 Å². The van der Waals surface area contributed by atoms with Gasteiger partial charge in [-0.3, -0.25) is 4.90 Å². The van der Waals surface area contributed by atoms with Crippen molar-refractivity contribution < 1.29 is 4.74 Å². The van der Waals surface area contributed by atoms with Crippen LogP contribution in [0.15, 0.2) is 0 Å². The molecule has 0 aliphatic rings. The van der Waals surface area contributed by atoms with E-state index in [1.54, 1.807) is 0 Å². The minimum absolute atomic E-state index is 0.716. The Morgan fingerprint density at radius 3 is 2.20 bits per heavy atom. The molecule has 2 nitrogen and oxygen atoms in total. The molecule has 0 N–H and O–H groups in total. The molecule has 0 atom stereocenters. The molecule has 0 aromatic carbocycles. The summed E-state index contributed by atoms with van der Waals surface area (Å²) in [5, 5.41) is 1.05. The van der Waals surface area contributed by atoms with Crippen LogP contribution in [0.25, 0.3) is 0 Å². The maximum absolute atomic E-state index is 5.54. The van der Waals surface area contributed by atoms with Crippen LogP contribution < -0.4 is 0 Å². The Balaban J connectivity index is 3.80. The fourth-order valence-corrected chi connectivity index (χ4v) is 2.27. The highest BCUT2D eigenvalue weighted by Crippen LogP contribution is 2.08. The van der Waals surface area contributed by atoms with E-state index in [9.17, 15) is 0 Å². The highest BCUT2D eigenvalue weighted by atomic mass is 79.9. The van der Waals surface area contributed by atoms with Gasteiger partial charge in [0.1, 0.15) is 0 Å². The van der Waals surface area contributed by atoms with Gasteiger partial charge in [0.15, 0.2) is 0 Å². The zero-order valence-electron chi connectivity index (χ0n) is 10.5. The molecule has 0 bridgehead atoms. The first-order valence-corrected chi connectivity index (χ1v) is 7.29. The minimum atomic E-state index is 0.716. The smallest absolute Gasteiger partial charge is 0.0593 e. The summed E-state index contributed by atoms with van der Waals surface area (Å²) in [6.45, 7) is 10.6. The average molecular weight is 280 g/mol. The van der Waals surface area contributed by atoms with E-state index < -0.39 is 0 Å². The van der Waals surface area contributed by atoms with Gasteiger partial charge in [-0.1, -0.05) is 36.7 Å². The number of alkyl halides is 1. The summed E-state index contributed by atoms with van der Waals surface area (Å²) in [5.41, 5.74) is 0. The highest BCUT2D eigenvalue weighted by Gasteiger charge is 2.13. The lowest BCUT2D eigenvalue weighted by molar-refractivity contribution is 0.0878. The Kier molecular flexibility index (Phi) is 11.2. The van der Waals surface area contributed by atoms with E-state index >= 15 is 0 Å². The third-order valence-electron chi connectivity index (χ3n) is 2.70. The second kappa shape index (κ2) is 10.9. The minimum Gasteiger partial charge on any atom is -0.380 e. The molecule has 3 heteroatoms. The normalized spacial score (nSPS) is 11.6. The van der Waals surface area contributed by atoms with Gasteiger partial charge in [0.05, 0.1) is 6.61 Å². The summed E-state index contributed by atoms with van der Waals surface area (Å²) >= 11 is 3.52. The summed E-state index contributed by atoms with van der Waals surface area (Å²) in [7, 11) is 0. The van der Waals surface area contributed by atoms with Crippen LogP contribution in [0.5, 0.6) is 0 Å². The predicted molar refractivity (Wildman–Crippen MR) is 70.8 cm³/mol. The van der Waals surface area contributed by atoms with Crippen LogP contribution in [0.3, 0.4) is 0 Å². The quantitative estimate of drug-likeness (QED) is 0.450. The molecule has 0 unspecified atom stereocenters. The molecule has 0 saturated heterocycles. The van der Waals surface area contributed by atoms with Gasteiger partial charge < -0.3 is 4.74 Å². The Labute approximate surface area is 103 Å². The van der Waals surface area contributed by atoms with Crippen LogP contribution in [0.2, 0.25) is 0 Å². The fraction of sp³-hybridized carbons (Fsp3) is 1.00. The van der Waals surface area contributed by atoms with E-state index in [0.29, 0.717) is 6.04 Å². The summed E-state index contributed by atoms with van der Waals surface area (Å²) in [6.07, 6.45) is 3.58. The highest BCUT2D eigenvalue weighted by molar-refractivity contribution is 9.09. The zero-order chi connectivity index (χ0) is 11.5. The van der Waals surface area contributed by atoms with Crippen molar-refractivity contribution in [2.45, 2.75) is 46.1 Å². The lowest BCUT2D eigenvalue weighted by atomic mass is 10.1. The summed E-state index contributed by atoms with van der Waals surface area (Å²) in [4.78, 5) is 2.53. The van der Waals surface area contributed by atoms with Gasteiger partial charge in [-0.2, -0.15) is 0 Å². The van der Waals surface area contributed by atoms with Gasteiger partial charge in [0, 0.05) is 31.1 Å². The number of hydrogen-bond donors (Lipinski definition) is 0. The molecule has 15 heavy (non-hydrogen) atoms. The van der Waals surface area contributed by atoms with Gasteiger partial charge in [-0.25, -0.2) is 0 Å². The van der Waals surface area contributed by atoms with Gasteiger partial charge in [-0.15, -0.1) is 0 Å². The summed E-state index contributed by atoms with van der Waals surface area (Å²) < 4.78 is 5.54. The standard InChI is InChI=1S/C12H26BrNO/c1-4-10-15-11-9-14(8-7-13)12(5-2)6-3/h12H,4-11H2,1-3H3. The van der Waals surface area contributed by atoms with E-state index in [-0.39, 0.29) is 0 Å². The van der Waals surface area contributed by atoms with Crippen LogP contribution in [0, 0.1) is 0 Å². The first-order valence-electron chi connectivity index (χ1n) is 6.17. The number of halogens is 1. The van der Waals surface area contributed by atoms with Crippen molar-refractivity contribution in [3.8, 4) is 0 Å². The van der Waals surface area contributed by atoms with Crippen molar-refractivity contribution in [1.82, 2.24) is 4.90 Å². The number of ether oxygens (including phenoxy) is 1. The molecule has 0 saturated carbocycles. The van der Waals surface area contributed by atoms with Crippen LogP contribution in [0.4, 0.5) is 0 Å². The molecule has 0 heterocycles. The van der Waals surface area contributed by atoms with Crippen molar-refractivity contribution in [3.63, 3.8) is 0 Å². The third kappa shape index (κ3) is 7.31. The molecule has 92 valence electrons. The molecule has 0 amide bonds. The molecule has 0 rings (SSSR count). The SMILES string of the molecule is CCCOCCN(CCBr)C(CC)CC. The summed E-state index contributed by atoms with van der Waals surface area (Å²) in [5.74, 6) is 0. The zero-order valence-corrected chi connectivity index (χ0v) is 12.1. The van der Waals surface area contributed by atoms with Crippen molar-refractivity contribution in [2.24, 2.45) is 0 Å². The van der Waals surface area contributed by atoms with Gasteiger partial charge in [-0.05, 0) is 19.3 Å². The topological polar surface area (TPSA) is 12.5 Å². The van der Waals surface area contributed by atoms with Gasteiger partial charge >= 0.3 is 0 Å². The first kappa shape index (κ1) is 15.4.